The second-order valence-corrected chi connectivity index (χ2v) is 6.38. The van der Waals surface area contributed by atoms with Gasteiger partial charge in [-0.25, -0.2) is 0 Å². The monoisotopic (exact) mass is 283 g/mol. The van der Waals surface area contributed by atoms with Gasteiger partial charge in [0.2, 0.25) is 0 Å². The molecule has 0 saturated carbocycles. The van der Waals surface area contributed by atoms with Gasteiger partial charge in [0.1, 0.15) is 12.4 Å². The van der Waals surface area contributed by atoms with Crippen LogP contribution in [0.5, 0.6) is 5.75 Å². The lowest BCUT2D eigenvalue weighted by atomic mass is 9.87. The molecule has 0 radical (unpaired) electrons. The van der Waals surface area contributed by atoms with Gasteiger partial charge in [-0.3, -0.25) is 0 Å². The fourth-order valence-electron chi connectivity index (χ4n) is 2.27. The molecule has 0 aliphatic rings. The van der Waals surface area contributed by atoms with E-state index >= 15 is 0 Å². The minimum Gasteiger partial charge on any atom is -0.489 e. The molecule has 0 saturated heterocycles. The molecule has 21 heavy (non-hydrogen) atoms. The summed E-state index contributed by atoms with van der Waals surface area (Å²) in [4.78, 5) is 0. The van der Waals surface area contributed by atoms with Crippen LogP contribution in [0.25, 0.3) is 0 Å². The minimum atomic E-state index is 0.188. The molecule has 0 fully saturated rings. The average Bonchev–Trinajstić information content (AvgIpc) is 2.46. The third-order valence-corrected chi connectivity index (χ3v) is 3.60. The maximum atomic E-state index is 5.95. The summed E-state index contributed by atoms with van der Waals surface area (Å²) in [6.45, 7) is 7.90. The highest BCUT2D eigenvalue weighted by molar-refractivity contribution is 5.34. The summed E-state index contributed by atoms with van der Waals surface area (Å²) in [6.07, 6.45) is 0.846. The van der Waals surface area contributed by atoms with Crippen LogP contribution in [-0.2, 0) is 18.4 Å². The Labute approximate surface area is 127 Å². The number of hydrogen-bond acceptors (Lipinski definition) is 2. The SMILES string of the molecule is CC(C)(C)c1ccc(COc2ccccc2CCN)cc1. The first-order valence-corrected chi connectivity index (χ1v) is 7.51. The normalized spacial score (nSPS) is 11.4. The van der Waals surface area contributed by atoms with Crippen LogP contribution in [0.15, 0.2) is 48.5 Å². The van der Waals surface area contributed by atoms with Crippen molar-refractivity contribution in [1.29, 1.82) is 0 Å². The molecule has 2 rings (SSSR count). The Morgan fingerprint density at radius 3 is 2.24 bits per heavy atom. The van der Waals surface area contributed by atoms with Gasteiger partial charge in [0, 0.05) is 0 Å². The van der Waals surface area contributed by atoms with E-state index in [0.29, 0.717) is 13.2 Å². The Hall–Kier alpha value is -1.80. The van der Waals surface area contributed by atoms with Crippen molar-refractivity contribution >= 4 is 0 Å². The highest BCUT2D eigenvalue weighted by atomic mass is 16.5. The molecule has 0 atom stereocenters. The third-order valence-electron chi connectivity index (χ3n) is 3.60. The van der Waals surface area contributed by atoms with Crippen LogP contribution in [0.4, 0.5) is 0 Å². The van der Waals surface area contributed by atoms with Crippen LogP contribution >= 0.6 is 0 Å². The molecule has 0 unspecified atom stereocenters. The Kier molecular flexibility index (Phi) is 5.03. The average molecular weight is 283 g/mol. The van der Waals surface area contributed by atoms with Gasteiger partial charge in [0.25, 0.3) is 0 Å². The lowest BCUT2D eigenvalue weighted by Crippen LogP contribution is -2.11. The summed E-state index contributed by atoms with van der Waals surface area (Å²) in [5.41, 5.74) is 9.53. The predicted octanol–water partition coefficient (Wildman–Crippen LogP) is 4.06. The van der Waals surface area contributed by atoms with Crippen LogP contribution in [0.1, 0.15) is 37.5 Å². The van der Waals surface area contributed by atoms with E-state index in [0.717, 1.165) is 12.2 Å². The zero-order valence-corrected chi connectivity index (χ0v) is 13.2. The molecule has 0 amide bonds. The molecule has 2 aromatic carbocycles. The Balaban J connectivity index is 2.03. The molecule has 2 N–H and O–H groups in total. The van der Waals surface area contributed by atoms with E-state index in [9.17, 15) is 0 Å². The van der Waals surface area contributed by atoms with Gasteiger partial charge >= 0.3 is 0 Å². The van der Waals surface area contributed by atoms with Crippen molar-refractivity contribution in [2.45, 2.75) is 39.2 Å². The maximum absolute atomic E-state index is 5.95. The van der Waals surface area contributed by atoms with Crippen molar-refractivity contribution in [3.63, 3.8) is 0 Å². The molecule has 2 aromatic rings. The van der Waals surface area contributed by atoms with Crippen LogP contribution in [0.2, 0.25) is 0 Å². The molecule has 112 valence electrons. The van der Waals surface area contributed by atoms with Gasteiger partial charge in [-0.1, -0.05) is 63.2 Å². The van der Waals surface area contributed by atoms with Gasteiger partial charge in [-0.05, 0) is 41.1 Å². The van der Waals surface area contributed by atoms with E-state index in [1.165, 1.54) is 16.7 Å². The highest BCUT2D eigenvalue weighted by Crippen LogP contribution is 2.23. The molecule has 2 heteroatoms. The second-order valence-electron chi connectivity index (χ2n) is 6.38. The highest BCUT2D eigenvalue weighted by Gasteiger charge is 2.12. The van der Waals surface area contributed by atoms with Crippen molar-refractivity contribution in [2.24, 2.45) is 5.73 Å². The van der Waals surface area contributed by atoms with Gasteiger partial charge in [-0.2, -0.15) is 0 Å². The lowest BCUT2D eigenvalue weighted by molar-refractivity contribution is 0.303. The first-order chi connectivity index (χ1) is 10.0. The third kappa shape index (κ3) is 4.33. The quantitative estimate of drug-likeness (QED) is 0.898. The molecule has 0 heterocycles. The van der Waals surface area contributed by atoms with Crippen molar-refractivity contribution in [1.82, 2.24) is 0 Å². The predicted molar refractivity (Wildman–Crippen MR) is 88.7 cm³/mol. The largest absolute Gasteiger partial charge is 0.489 e. The van der Waals surface area contributed by atoms with E-state index in [2.05, 4.69) is 51.1 Å². The van der Waals surface area contributed by atoms with Gasteiger partial charge < -0.3 is 10.5 Å². The topological polar surface area (TPSA) is 35.2 Å². The van der Waals surface area contributed by atoms with E-state index in [-0.39, 0.29) is 5.41 Å². The first-order valence-electron chi connectivity index (χ1n) is 7.51. The summed E-state index contributed by atoms with van der Waals surface area (Å²) in [5, 5.41) is 0. The summed E-state index contributed by atoms with van der Waals surface area (Å²) in [7, 11) is 0. The van der Waals surface area contributed by atoms with Crippen molar-refractivity contribution in [3.8, 4) is 5.75 Å². The van der Waals surface area contributed by atoms with Crippen LogP contribution in [-0.4, -0.2) is 6.54 Å². The Bertz CT molecular complexity index is 567. The summed E-state index contributed by atoms with van der Waals surface area (Å²) in [6, 6.07) is 16.8. The Morgan fingerprint density at radius 2 is 1.62 bits per heavy atom. The van der Waals surface area contributed by atoms with Crippen LogP contribution in [0, 0.1) is 0 Å². The molecular weight excluding hydrogens is 258 g/mol. The van der Waals surface area contributed by atoms with Crippen molar-refractivity contribution in [3.05, 3.63) is 65.2 Å². The first kappa shape index (κ1) is 15.6. The van der Waals surface area contributed by atoms with Crippen LogP contribution in [0.3, 0.4) is 0 Å². The van der Waals surface area contributed by atoms with E-state index < -0.39 is 0 Å². The minimum absolute atomic E-state index is 0.188. The zero-order valence-electron chi connectivity index (χ0n) is 13.2. The van der Waals surface area contributed by atoms with E-state index in [1.807, 2.05) is 18.2 Å². The number of rotatable bonds is 5. The fraction of sp³-hybridized carbons (Fsp3) is 0.368. The molecule has 0 aliphatic heterocycles. The molecular formula is C19H25NO. The molecule has 0 aliphatic carbocycles. The van der Waals surface area contributed by atoms with E-state index in [4.69, 9.17) is 10.5 Å². The molecule has 0 aromatic heterocycles. The molecule has 0 bridgehead atoms. The van der Waals surface area contributed by atoms with Crippen LogP contribution < -0.4 is 10.5 Å². The van der Waals surface area contributed by atoms with Gasteiger partial charge in [-0.15, -0.1) is 0 Å². The zero-order chi connectivity index (χ0) is 15.3. The lowest BCUT2D eigenvalue weighted by Gasteiger charge is -2.19. The summed E-state index contributed by atoms with van der Waals surface area (Å²) >= 11 is 0. The maximum Gasteiger partial charge on any atom is 0.123 e. The fourth-order valence-corrected chi connectivity index (χ4v) is 2.27. The summed E-state index contributed by atoms with van der Waals surface area (Å²) < 4.78 is 5.95. The number of nitrogens with two attached hydrogens (primary N) is 1. The van der Waals surface area contributed by atoms with Crippen molar-refractivity contribution < 1.29 is 4.74 Å². The number of ether oxygens (including phenoxy) is 1. The number of para-hydroxylation sites is 1. The smallest absolute Gasteiger partial charge is 0.123 e. The standard InChI is InChI=1S/C19H25NO/c1-19(2,3)17-10-8-15(9-11-17)14-21-18-7-5-4-6-16(18)12-13-20/h4-11H,12-14,20H2,1-3H3. The molecule has 2 nitrogen and oxygen atoms in total. The molecule has 0 spiro atoms. The second kappa shape index (κ2) is 6.77. The Morgan fingerprint density at radius 1 is 0.952 bits per heavy atom. The number of benzene rings is 2. The van der Waals surface area contributed by atoms with Crippen molar-refractivity contribution in [2.75, 3.05) is 6.54 Å². The van der Waals surface area contributed by atoms with Gasteiger partial charge in [0.05, 0.1) is 0 Å². The number of hydrogen-bond donors (Lipinski definition) is 1. The van der Waals surface area contributed by atoms with E-state index in [1.54, 1.807) is 0 Å². The summed E-state index contributed by atoms with van der Waals surface area (Å²) in [5.74, 6) is 0.933. The van der Waals surface area contributed by atoms with Gasteiger partial charge in [0.15, 0.2) is 0 Å².